The van der Waals surface area contributed by atoms with Gasteiger partial charge in [-0.25, -0.2) is 9.37 Å². The zero-order valence-corrected chi connectivity index (χ0v) is 12.8. The molecule has 108 valence electrons. The van der Waals surface area contributed by atoms with Crippen molar-refractivity contribution >= 4 is 16.5 Å². The van der Waals surface area contributed by atoms with Crippen LogP contribution in [0.3, 0.4) is 0 Å². The number of nitrogen functional groups attached to an aromatic ring is 1. The highest BCUT2D eigenvalue weighted by Crippen LogP contribution is 2.30. The van der Waals surface area contributed by atoms with Gasteiger partial charge in [0.05, 0.1) is 0 Å². The minimum absolute atomic E-state index is 0.200. The third kappa shape index (κ3) is 3.55. The standard InChI is InChI=1S/C15H20FN3S/c1-10(2)14(11-4-6-12(16)7-5-11)19(3)9-13-8-18-15(17)20-13/h4-8,10,14H,9H2,1-3H3,(H2,17,18). The molecule has 0 saturated carbocycles. The van der Waals surface area contributed by atoms with Gasteiger partial charge >= 0.3 is 0 Å². The lowest BCUT2D eigenvalue weighted by Crippen LogP contribution is -2.27. The fourth-order valence-corrected chi connectivity index (χ4v) is 3.30. The van der Waals surface area contributed by atoms with E-state index < -0.39 is 0 Å². The van der Waals surface area contributed by atoms with Crippen molar-refractivity contribution in [3.05, 3.63) is 46.7 Å². The van der Waals surface area contributed by atoms with Crippen molar-refractivity contribution in [1.82, 2.24) is 9.88 Å². The lowest BCUT2D eigenvalue weighted by Gasteiger charge is -2.31. The Morgan fingerprint density at radius 3 is 2.45 bits per heavy atom. The van der Waals surface area contributed by atoms with E-state index >= 15 is 0 Å². The monoisotopic (exact) mass is 293 g/mol. The largest absolute Gasteiger partial charge is 0.375 e. The van der Waals surface area contributed by atoms with Gasteiger partial charge in [-0.2, -0.15) is 0 Å². The third-order valence-electron chi connectivity index (χ3n) is 3.29. The summed E-state index contributed by atoms with van der Waals surface area (Å²) in [6.45, 7) is 5.13. The summed E-state index contributed by atoms with van der Waals surface area (Å²) in [6.07, 6.45) is 1.82. The molecule has 0 aliphatic carbocycles. The molecule has 0 aliphatic heterocycles. The Balaban J connectivity index is 2.17. The minimum Gasteiger partial charge on any atom is -0.375 e. The predicted octanol–water partition coefficient (Wildman–Crippen LogP) is 3.69. The molecule has 1 aromatic carbocycles. The second-order valence-electron chi connectivity index (χ2n) is 5.32. The Labute approximate surface area is 123 Å². The summed E-state index contributed by atoms with van der Waals surface area (Å²) < 4.78 is 13.1. The highest BCUT2D eigenvalue weighted by atomic mass is 32.1. The molecule has 1 unspecified atom stereocenters. The summed E-state index contributed by atoms with van der Waals surface area (Å²) in [6, 6.07) is 6.99. The third-order valence-corrected chi connectivity index (χ3v) is 4.11. The van der Waals surface area contributed by atoms with Gasteiger partial charge in [-0.15, -0.1) is 11.3 Å². The van der Waals surface area contributed by atoms with Crippen LogP contribution in [0, 0.1) is 11.7 Å². The van der Waals surface area contributed by atoms with E-state index in [-0.39, 0.29) is 11.9 Å². The van der Waals surface area contributed by atoms with E-state index in [9.17, 15) is 4.39 Å². The number of aromatic nitrogens is 1. The second-order valence-corrected chi connectivity index (χ2v) is 6.47. The van der Waals surface area contributed by atoms with Gasteiger partial charge in [-0.1, -0.05) is 26.0 Å². The molecule has 20 heavy (non-hydrogen) atoms. The quantitative estimate of drug-likeness (QED) is 0.914. The van der Waals surface area contributed by atoms with E-state index in [2.05, 4.69) is 30.8 Å². The molecule has 0 radical (unpaired) electrons. The SMILES string of the molecule is CC(C)C(c1ccc(F)cc1)N(C)Cc1cnc(N)s1. The van der Waals surface area contributed by atoms with Crippen LogP contribution in [0.5, 0.6) is 0 Å². The van der Waals surface area contributed by atoms with Gasteiger partial charge in [0, 0.05) is 23.7 Å². The van der Waals surface area contributed by atoms with Crippen molar-refractivity contribution in [3.63, 3.8) is 0 Å². The number of nitrogens with two attached hydrogens (primary N) is 1. The van der Waals surface area contributed by atoms with Crippen LogP contribution in [-0.4, -0.2) is 16.9 Å². The molecule has 1 heterocycles. The summed E-state index contributed by atoms with van der Waals surface area (Å²) in [5.41, 5.74) is 6.79. The van der Waals surface area contributed by atoms with Gasteiger partial charge < -0.3 is 5.73 Å². The maximum absolute atomic E-state index is 13.1. The number of halogens is 1. The molecule has 0 fully saturated rings. The molecule has 2 N–H and O–H groups in total. The van der Waals surface area contributed by atoms with Crippen LogP contribution >= 0.6 is 11.3 Å². The summed E-state index contributed by atoms with van der Waals surface area (Å²) in [7, 11) is 2.07. The molecule has 5 heteroatoms. The molecule has 0 aliphatic rings. The number of rotatable bonds is 5. The number of benzene rings is 1. The summed E-state index contributed by atoms with van der Waals surface area (Å²) in [4.78, 5) is 7.47. The molecule has 2 aromatic rings. The highest BCUT2D eigenvalue weighted by Gasteiger charge is 2.21. The zero-order valence-electron chi connectivity index (χ0n) is 12.0. The van der Waals surface area contributed by atoms with Crippen LogP contribution in [-0.2, 0) is 6.54 Å². The predicted molar refractivity (Wildman–Crippen MR) is 82.0 cm³/mol. The van der Waals surface area contributed by atoms with E-state index in [0.717, 1.165) is 17.0 Å². The Morgan fingerprint density at radius 1 is 1.30 bits per heavy atom. The minimum atomic E-state index is -0.200. The molecule has 1 aromatic heterocycles. The van der Waals surface area contributed by atoms with E-state index in [1.54, 1.807) is 0 Å². The average molecular weight is 293 g/mol. The lowest BCUT2D eigenvalue weighted by atomic mass is 9.94. The van der Waals surface area contributed by atoms with Crippen molar-refractivity contribution < 1.29 is 4.39 Å². The number of nitrogens with zero attached hydrogens (tertiary/aromatic N) is 2. The first-order chi connectivity index (χ1) is 9.47. The van der Waals surface area contributed by atoms with Crippen LogP contribution in [0.4, 0.5) is 9.52 Å². The zero-order chi connectivity index (χ0) is 14.7. The smallest absolute Gasteiger partial charge is 0.180 e. The molecular weight excluding hydrogens is 273 g/mol. The molecule has 0 bridgehead atoms. The molecule has 1 atom stereocenters. The van der Waals surface area contributed by atoms with Crippen LogP contribution in [0.2, 0.25) is 0 Å². The van der Waals surface area contributed by atoms with Crippen molar-refractivity contribution in [2.24, 2.45) is 5.92 Å². The van der Waals surface area contributed by atoms with Crippen LogP contribution in [0.25, 0.3) is 0 Å². The Bertz CT molecular complexity index is 551. The molecule has 0 saturated heterocycles. The number of anilines is 1. The van der Waals surface area contributed by atoms with Crippen LogP contribution in [0.15, 0.2) is 30.5 Å². The lowest BCUT2D eigenvalue weighted by molar-refractivity contribution is 0.187. The van der Waals surface area contributed by atoms with Gasteiger partial charge in [-0.3, -0.25) is 4.90 Å². The second kappa shape index (κ2) is 6.33. The first kappa shape index (κ1) is 14.9. The molecule has 0 amide bonds. The van der Waals surface area contributed by atoms with Crippen LogP contribution < -0.4 is 5.73 Å². The number of hydrogen-bond acceptors (Lipinski definition) is 4. The molecule has 3 nitrogen and oxygen atoms in total. The Kier molecular flexibility index (Phi) is 4.73. The Morgan fingerprint density at radius 2 is 1.95 bits per heavy atom. The van der Waals surface area contributed by atoms with Crippen molar-refractivity contribution in [2.45, 2.75) is 26.4 Å². The normalized spacial score (nSPS) is 13.1. The number of hydrogen-bond donors (Lipinski definition) is 1. The van der Waals surface area contributed by atoms with Gasteiger partial charge in [0.1, 0.15) is 5.82 Å². The summed E-state index contributed by atoms with van der Waals surface area (Å²) in [5, 5.41) is 0.594. The maximum atomic E-state index is 13.1. The van der Waals surface area contributed by atoms with Crippen molar-refractivity contribution in [3.8, 4) is 0 Å². The van der Waals surface area contributed by atoms with E-state index in [4.69, 9.17) is 5.73 Å². The fraction of sp³-hybridized carbons (Fsp3) is 0.400. The number of thiazole rings is 1. The summed E-state index contributed by atoms with van der Waals surface area (Å²) >= 11 is 1.51. The summed E-state index contributed by atoms with van der Waals surface area (Å²) in [5.74, 6) is 0.227. The molecule has 2 rings (SSSR count). The Hall–Kier alpha value is -1.46. The van der Waals surface area contributed by atoms with Gasteiger partial charge in [0.25, 0.3) is 0 Å². The van der Waals surface area contributed by atoms with E-state index in [1.807, 2.05) is 18.3 Å². The molecular formula is C15H20FN3S. The van der Waals surface area contributed by atoms with Crippen LogP contribution in [0.1, 0.15) is 30.3 Å². The highest BCUT2D eigenvalue weighted by molar-refractivity contribution is 7.15. The van der Waals surface area contributed by atoms with Gasteiger partial charge in [0.15, 0.2) is 5.13 Å². The average Bonchev–Trinajstić information content (AvgIpc) is 2.77. The van der Waals surface area contributed by atoms with Crippen molar-refractivity contribution in [2.75, 3.05) is 12.8 Å². The van der Waals surface area contributed by atoms with E-state index in [0.29, 0.717) is 11.0 Å². The fourth-order valence-electron chi connectivity index (χ4n) is 2.55. The van der Waals surface area contributed by atoms with Gasteiger partial charge in [-0.05, 0) is 30.7 Å². The van der Waals surface area contributed by atoms with E-state index in [1.165, 1.54) is 23.5 Å². The van der Waals surface area contributed by atoms with Crippen molar-refractivity contribution in [1.29, 1.82) is 0 Å². The topological polar surface area (TPSA) is 42.2 Å². The van der Waals surface area contributed by atoms with Gasteiger partial charge in [0.2, 0.25) is 0 Å². The first-order valence-corrected chi connectivity index (χ1v) is 7.45. The first-order valence-electron chi connectivity index (χ1n) is 6.63. The molecule has 0 spiro atoms. The maximum Gasteiger partial charge on any atom is 0.180 e.